The second kappa shape index (κ2) is 7.81. The lowest BCUT2D eigenvalue weighted by Gasteiger charge is -2.23. The average molecular weight is 350 g/mol. The van der Waals surface area contributed by atoms with E-state index >= 15 is 0 Å². The van der Waals surface area contributed by atoms with Crippen LogP contribution in [0.25, 0.3) is 11.3 Å². The molecule has 0 spiro atoms. The van der Waals surface area contributed by atoms with E-state index in [0.29, 0.717) is 13.1 Å². The Morgan fingerprint density at radius 1 is 1.04 bits per heavy atom. The molecule has 0 aliphatic heterocycles. The van der Waals surface area contributed by atoms with Crippen LogP contribution >= 0.6 is 0 Å². The zero-order valence-corrected chi connectivity index (χ0v) is 15.6. The van der Waals surface area contributed by atoms with E-state index in [1.807, 2.05) is 44.2 Å². The average Bonchev–Trinajstić information content (AvgIpc) is 3.04. The molecule has 0 saturated carbocycles. The monoisotopic (exact) mass is 350 g/mol. The lowest BCUT2D eigenvalue weighted by atomic mass is 10.1. The zero-order chi connectivity index (χ0) is 18.6. The molecule has 26 heavy (non-hydrogen) atoms. The van der Waals surface area contributed by atoms with E-state index in [0.717, 1.165) is 17.0 Å². The number of aliphatic hydroxyl groups is 1. The fourth-order valence-electron chi connectivity index (χ4n) is 2.75. The van der Waals surface area contributed by atoms with Crippen LogP contribution in [0.1, 0.15) is 30.7 Å². The maximum absolute atomic E-state index is 9.48. The molecule has 1 aromatic heterocycles. The molecule has 0 aliphatic carbocycles. The van der Waals surface area contributed by atoms with Gasteiger partial charge in [0.2, 0.25) is 0 Å². The maximum atomic E-state index is 9.48. The number of hydrogen-bond acceptors (Lipinski definition) is 4. The molecule has 5 heteroatoms. The van der Waals surface area contributed by atoms with Crippen molar-refractivity contribution in [2.45, 2.75) is 39.4 Å². The van der Waals surface area contributed by atoms with Gasteiger partial charge in [0, 0.05) is 17.6 Å². The molecule has 0 atom stereocenters. The Balaban J connectivity index is 1.89. The molecule has 0 fully saturated rings. The molecule has 0 bridgehead atoms. The first-order valence-electron chi connectivity index (χ1n) is 8.88. The van der Waals surface area contributed by atoms with Crippen LogP contribution in [-0.2, 0) is 13.1 Å². The number of benzene rings is 2. The van der Waals surface area contributed by atoms with Gasteiger partial charge in [0.15, 0.2) is 0 Å². The Morgan fingerprint density at radius 2 is 1.81 bits per heavy atom. The highest BCUT2D eigenvalue weighted by Gasteiger charge is 2.19. The molecule has 2 N–H and O–H groups in total. The van der Waals surface area contributed by atoms with E-state index in [-0.39, 0.29) is 12.1 Å². The summed E-state index contributed by atoms with van der Waals surface area (Å²) in [5.74, 6) is 0. The molecule has 2 aromatic carbocycles. The van der Waals surface area contributed by atoms with Crippen molar-refractivity contribution in [1.82, 2.24) is 20.3 Å². The van der Waals surface area contributed by atoms with E-state index in [9.17, 15) is 5.11 Å². The van der Waals surface area contributed by atoms with Gasteiger partial charge in [0.25, 0.3) is 0 Å². The Kier molecular flexibility index (Phi) is 5.49. The first-order valence-corrected chi connectivity index (χ1v) is 8.88. The number of aromatic nitrogens is 3. The van der Waals surface area contributed by atoms with Crippen LogP contribution in [0.2, 0.25) is 0 Å². The Morgan fingerprint density at radius 3 is 2.50 bits per heavy atom. The van der Waals surface area contributed by atoms with Crippen molar-refractivity contribution in [2.75, 3.05) is 6.61 Å². The van der Waals surface area contributed by atoms with Crippen LogP contribution < -0.4 is 5.32 Å². The van der Waals surface area contributed by atoms with E-state index in [1.54, 1.807) is 4.80 Å². The van der Waals surface area contributed by atoms with Gasteiger partial charge in [0.05, 0.1) is 13.2 Å². The van der Waals surface area contributed by atoms with Gasteiger partial charge in [-0.25, -0.2) is 0 Å². The minimum absolute atomic E-state index is 0.0606. The summed E-state index contributed by atoms with van der Waals surface area (Å²) in [5, 5.41) is 22.3. The fraction of sp³-hybridized carbons (Fsp3) is 0.333. The van der Waals surface area contributed by atoms with Gasteiger partial charge in [-0.15, -0.1) is 0 Å². The SMILES string of the molecule is Cc1cccc(Cn2nc(CNC(C)(C)CO)c(-c3ccccc3)n2)c1. The number of nitrogens with zero attached hydrogens (tertiary/aromatic N) is 3. The van der Waals surface area contributed by atoms with Crippen LogP contribution in [0.5, 0.6) is 0 Å². The highest BCUT2D eigenvalue weighted by Crippen LogP contribution is 2.21. The predicted molar refractivity (Wildman–Crippen MR) is 104 cm³/mol. The Bertz CT molecular complexity index is 855. The van der Waals surface area contributed by atoms with E-state index in [4.69, 9.17) is 10.2 Å². The molecule has 0 aliphatic rings. The topological polar surface area (TPSA) is 63.0 Å². The van der Waals surface area contributed by atoms with E-state index in [2.05, 4.69) is 36.5 Å². The zero-order valence-electron chi connectivity index (χ0n) is 15.6. The summed E-state index contributed by atoms with van der Waals surface area (Å²) in [5.41, 5.74) is 4.83. The van der Waals surface area contributed by atoms with Crippen molar-refractivity contribution in [3.05, 3.63) is 71.4 Å². The predicted octanol–water partition coefficient (Wildman–Crippen LogP) is 3.16. The van der Waals surface area contributed by atoms with Crippen LogP contribution in [0.4, 0.5) is 0 Å². The first kappa shape index (κ1) is 18.3. The molecule has 5 nitrogen and oxygen atoms in total. The van der Waals surface area contributed by atoms with Crippen molar-refractivity contribution >= 4 is 0 Å². The van der Waals surface area contributed by atoms with Gasteiger partial charge < -0.3 is 10.4 Å². The lowest BCUT2D eigenvalue weighted by Crippen LogP contribution is -2.42. The van der Waals surface area contributed by atoms with Gasteiger partial charge in [0.1, 0.15) is 11.4 Å². The number of nitrogens with one attached hydrogen (secondary N) is 1. The quantitative estimate of drug-likeness (QED) is 0.687. The molecule has 0 amide bonds. The molecular formula is C21H26N4O. The minimum Gasteiger partial charge on any atom is -0.394 e. The normalized spacial score (nSPS) is 11.7. The third kappa shape index (κ3) is 4.56. The third-order valence-corrected chi connectivity index (χ3v) is 4.31. The molecule has 0 radical (unpaired) electrons. The number of aliphatic hydroxyl groups excluding tert-OH is 1. The Labute approximate surface area is 154 Å². The summed E-state index contributed by atoms with van der Waals surface area (Å²) >= 11 is 0. The van der Waals surface area contributed by atoms with Crippen molar-refractivity contribution < 1.29 is 5.11 Å². The first-order chi connectivity index (χ1) is 12.5. The highest BCUT2D eigenvalue weighted by molar-refractivity contribution is 5.60. The molecule has 3 rings (SSSR count). The number of rotatable bonds is 7. The highest BCUT2D eigenvalue weighted by atomic mass is 16.3. The van der Waals surface area contributed by atoms with Crippen molar-refractivity contribution in [3.8, 4) is 11.3 Å². The third-order valence-electron chi connectivity index (χ3n) is 4.31. The van der Waals surface area contributed by atoms with Gasteiger partial charge >= 0.3 is 0 Å². The summed E-state index contributed by atoms with van der Waals surface area (Å²) in [6.07, 6.45) is 0. The molecule has 1 heterocycles. The van der Waals surface area contributed by atoms with Crippen molar-refractivity contribution in [1.29, 1.82) is 0 Å². The van der Waals surface area contributed by atoms with Crippen LogP contribution in [0, 0.1) is 6.92 Å². The number of hydrogen-bond donors (Lipinski definition) is 2. The second-order valence-electron chi connectivity index (χ2n) is 7.28. The molecule has 0 saturated heterocycles. The largest absolute Gasteiger partial charge is 0.394 e. The minimum atomic E-state index is -0.367. The standard InChI is InChI=1S/C21H26N4O/c1-16-8-7-9-17(12-16)14-25-23-19(13-22-21(2,3)15-26)20(24-25)18-10-5-4-6-11-18/h4-12,22,26H,13-15H2,1-3H3. The summed E-state index contributed by atoms with van der Waals surface area (Å²) in [6, 6.07) is 18.5. The van der Waals surface area contributed by atoms with Gasteiger partial charge in [-0.2, -0.15) is 15.0 Å². The Hall–Kier alpha value is -2.50. The summed E-state index contributed by atoms with van der Waals surface area (Å²) in [6.45, 7) is 7.25. The smallest absolute Gasteiger partial charge is 0.117 e. The van der Waals surface area contributed by atoms with Gasteiger partial charge in [-0.3, -0.25) is 0 Å². The maximum Gasteiger partial charge on any atom is 0.117 e. The van der Waals surface area contributed by atoms with Crippen molar-refractivity contribution in [2.24, 2.45) is 0 Å². The second-order valence-corrected chi connectivity index (χ2v) is 7.28. The van der Waals surface area contributed by atoms with Crippen molar-refractivity contribution in [3.63, 3.8) is 0 Å². The molecular weight excluding hydrogens is 324 g/mol. The van der Waals surface area contributed by atoms with Crippen LogP contribution in [-0.4, -0.2) is 32.2 Å². The van der Waals surface area contributed by atoms with Gasteiger partial charge in [-0.1, -0.05) is 60.2 Å². The molecule has 0 unspecified atom stereocenters. The van der Waals surface area contributed by atoms with Gasteiger partial charge in [-0.05, 0) is 26.3 Å². The molecule has 3 aromatic rings. The van der Waals surface area contributed by atoms with Crippen LogP contribution in [0.15, 0.2) is 54.6 Å². The van der Waals surface area contributed by atoms with E-state index < -0.39 is 0 Å². The fourth-order valence-corrected chi connectivity index (χ4v) is 2.75. The summed E-state index contributed by atoms with van der Waals surface area (Å²) in [4.78, 5) is 1.75. The van der Waals surface area contributed by atoms with E-state index in [1.165, 1.54) is 11.1 Å². The molecule has 136 valence electrons. The summed E-state index contributed by atoms with van der Waals surface area (Å²) < 4.78 is 0. The lowest BCUT2D eigenvalue weighted by molar-refractivity contribution is 0.187. The summed E-state index contributed by atoms with van der Waals surface area (Å²) in [7, 11) is 0. The number of aryl methyl sites for hydroxylation is 1. The van der Waals surface area contributed by atoms with Crippen LogP contribution in [0.3, 0.4) is 0 Å².